The first-order chi connectivity index (χ1) is 14.6. The van der Waals surface area contributed by atoms with Crippen LogP contribution in [0.5, 0.6) is 11.5 Å². The van der Waals surface area contributed by atoms with Gasteiger partial charge in [-0.25, -0.2) is 0 Å². The van der Waals surface area contributed by atoms with Crippen LogP contribution < -0.4 is 14.1 Å². The molecule has 0 fully saturated rings. The van der Waals surface area contributed by atoms with Crippen LogP contribution in [0.2, 0.25) is 0 Å². The molecule has 4 aromatic rings. The smallest absolute Gasteiger partial charge is 0.291 e. The summed E-state index contributed by atoms with van der Waals surface area (Å²) in [5, 5.41) is 17.6. The summed E-state index contributed by atoms with van der Waals surface area (Å²) in [6, 6.07) is 15.5. The molecule has 0 unspecified atom stereocenters. The Bertz CT molecular complexity index is 1070. The maximum Gasteiger partial charge on any atom is 0.291 e. The van der Waals surface area contributed by atoms with Crippen LogP contribution in [0.3, 0.4) is 0 Å². The molecule has 0 aliphatic rings. The Morgan fingerprint density at radius 1 is 0.613 bits per heavy atom. The van der Waals surface area contributed by atoms with Crippen LogP contribution in [0.25, 0.3) is 11.4 Å². The van der Waals surface area contributed by atoms with Gasteiger partial charge in [0.05, 0.1) is 20.6 Å². The molecule has 160 valence electrons. The van der Waals surface area contributed by atoms with E-state index in [1.165, 1.54) is 0 Å². The Kier molecular flexibility index (Phi) is 5.04. The lowest BCUT2D eigenvalue weighted by Crippen LogP contribution is -2.36. The second-order valence-electron chi connectivity index (χ2n) is 9.34. The minimum Gasteiger partial charge on any atom is -0.457 e. The SMILES string of the molecule is CC(C)(C)n1nc[n+](-c2ccc(Oc3ccc(-[n+]4cnn(C(C)(C)C)n4)cc3)cc2)n1. The summed E-state index contributed by atoms with van der Waals surface area (Å²) in [6.45, 7) is 12.4. The average molecular weight is 421 g/mol. The van der Waals surface area contributed by atoms with Crippen LogP contribution in [0, 0.1) is 0 Å². The normalized spacial score (nSPS) is 12.2. The Morgan fingerprint density at radius 2 is 0.968 bits per heavy atom. The quantitative estimate of drug-likeness (QED) is 0.475. The van der Waals surface area contributed by atoms with Crippen molar-refractivity contribution in [1.82, 2.24) is 30.2 Å². The van der Waals surface area contributed by atoms with Crippen LogP contribution in [0.15, 0.2) is 61.2 Å². The van der Waals surface area contributed by atoms with E-state index in [4.69, 9.17) is 4.74 Å². The van der Waals surface area contributed by atoms with Crippen LogP contribution in [-0.2, 0) is 11.1 Å². The van der Waals surface area contributed by atoms with Crippen molar-refractivity contribution in [3.63, 3.8) is 0 Å². The van der Waals surface area contributed by atoms with Gasteiger partial charge in [0, 0.05) is 0 Å². The molecule has 0 aliphatic heterocycles. The van der Waals surface area contributed by atoms with E-state index in [-0.39, 0.29) is 11.1 Å². The summed E-state index contributed by atoms with van der Waals surface area (Å²) < 4.78 is 9.46. The van der Waals surface area contributed by atoms with Crippen molar-refractivity contribution in [2.45, 2.75) is 52.6 Å². The Labute approximate surface area is 181 Å². The molecule has 2 aromatic carbocycles. The molecule has 0 aliphatic carbocycles. The van der Waals surface area contributed by atoms with Crippen LogP contribution >= 0.6 is 0 Å². The molecule has 2 heterocycles. The minimum absolute atomic E-state index is 0.167. The third-order valence-corrected chi connectivity index (χ3v) is 4.54. The fraction of sp³-hybridized carbons (Fsp3) is 0.364. The molecule has 0 spiro atoms. The van der Waals surface area contributed by atoms with Gasteiger partial charge in [-0.2, -0.15) is 0 Å². The van der Waals surface area contributed by atoms with Gasteiger partial charge in [0.2, 0.25) is 0 Å². The molecule has 31 heavy (non-hydrogen) atoms. The zero-order valence-corrected chi connectivity index (χ0v) is 18.8. The molecule has 0 atom stereocenters. The predicted molar refractivity (Wildman–Crippen MR) is 113 cm³/mol. The highest BCUT2D eigenvalue weighted by Crippen LogP contribution is 2.22. The lowest BCUT2D eigenvalue weighted by Gasteiger charge is -2.08. The van der Waals surface area contributed by atoms with E-state index in [1.54, 1.807) is 31.6 Å². The average Bonchev–Trinajstić information content (AvgIpc) is 3.39. The van der Waals surface area contributed by atoms with Gasteiger partial charge < -0.3 is 4.74 Å². The summed E-state index contributed by atoms with van der Waals surface area (Å²) in [4.78, 5) is 3.38. The van der Waals surface area contributed by atoms with Crippen molar-refractivity contribution in [1.29, 1.82) is 0 Å². The predicted octanol–water partition coefficient (Wildman–Crippen LogP) is 2.73. The molecular weight excluding hydrogens is 392 g/mol. The first-order valence-electron chi connectivity index (χ1n) is 10.2. The number of rotatable bonds is 4. The maximum atomic E-state index is 5.98. The van der Waals surface area contributed by atoms with Crippen LogP contribution in [0.4, 0.5) is 0 Å². The van der Waals surface area contributed by atoms with E-state index in [2.05, 4.69) is 62.2 Å². The van der Waals surface area contributed by atoms with E-state index in [1.807, 2.05) is 48.5 Å². The lowest BCUT2D eigenvalue weighted by molar-refractivity contribution is -0.663. The standard InChI is InChI=1S/C22H28N8O/c1-21(2,3)29-23-15-27(25-29)17-7-11-19(12-8-17)31-20-13-9-18(10-14-20)28-16-24-30(26-28)22(4,5)6/h7-16H,1-6H3/q+2. The maximum absolute atomic E-state index is 5.98. The second kappa shape index (κ2) is 7.57. The number of tetrazole rings is 2. The van der Waals surface area contributed by atoms with Crippen LogP contribution in [-0.4, -0.2) is 30.2 Å². The van der Waals surface area contributed by atoms with Crippen LogP contribution in [0.1, 0.15) is 41.5 Å². The fourth-order valence-corrected chi connectivity index (χ4v) is 2.79. The van der Waals surface area contributed by atoms with Crippen molar-refractivity contribution in [2.75, 3.05) is 0 Å². The zero-order chi connectivity index (χ0) is 22.2. The first kappa shape index (κ1) is 20.6. The molecule has 0 radical (unpaired) electrons. The number of aromatic nitrogens is 8. The van der Waals surface area contributed by atoms with Crippen molar-refractivity contribution in [3.05, 3.63) is 61.2 Å². The highest BCUT2D eigenvalue weighted by Gasteiger charge is 2.25. The Morgan fingerprint density at radius 3 is 1.26 bits per heavy atom. The van der Waals surface area contributed by atoms with Crippen molar-refractivity contribution in [3.8, 4) is 22.9 Å². The topological polar surface area (TPSA) is 78.4 Å². The van der Waals surface area contributed by atoms with Crippen molar-refractivity contribution < 1.29 is 14.1 Å². The summed E-state index contributed by atoms with van der Waals surface area (Å²) >= 11 is 0. The Balaban J connectivity index is 1.45. The summed E-state index contributed by atoms with van der Waals surface area (Å²) in [5.74, 6) is 1.48. The molecule has 0 saturated heterocycles. The number of ether oxygens (including phenoxy) is 1. The van der Waals surface area contributed by atoms with E-state index in [0.717, 1.165) is 22.9 Å². The van der Waals surface area contributed by atoms with Crippen molar-refractivity contribution >= 4 is 0 Å². The molecule has 0 bridgehead atoms. The van der Waals surface area contributed by atoms with E-state index >= 15 is 0 Å². The van der Waals surface area contributed by atoms with Gasteiger partial charge in [0.1, 0.15) is 34.0 Å². The highest BCUT2D eigenvalue weighted by atomic mass is 16.5. The molecule has 0 saturated carbocycles. The van der Waals surface area contributed by atoms with E-state index < -0.39 is 0 Å². The first-order valence-corrected chi connectivity index (χ1v) is 10.2. The number of benzene rings is 2. The zero-order valence-electron chi connectivity index (χ0n) is 18.8. The van der Waals surface area contributed by atoms with Gasteiger partial charge in [0.15, 0.2) is 0 Å². The summed E-state index contributed by atoms with van der Waals surface area (Å²) in [6.07, 6.45) is 3.40. The molecule has 0 N–H and O–H groups in total. The van der Waals surface area contributed by atoms with E-state index in [9.17, 15) is 0 Å². The molecule has 9 nitrogen and oxygen atoms in total. The van der Waals surface area contributed by atoms with Crippen molar-refractivity contribution in [2.24, 2.45) is 0 Å². The third kappa shape index (κ3) is 4.60. The number of nitrogens with zero attached hydrogens (tertiary/aromatic N) is 8. The number of hydrogen-bond donors (Lipinski definition) is 0. The highest BCUT2D eigenvalue weighted by molar-refractivity contribution is 5.37. The van der Waals surface area contributed by atoms with Gasteiger partial charge in [-0.05, 0) is 99.7 Å². The van der Waals surface area contributed by atoms with E-state index in [0.29, 0.717) is 0 Å². The summed E-state index contributed by atoms with van der Waals surface area (Å²) in [7, 11) is 0. The molecule has 2 aromatic heterocycles. The Hall–Kier alpha value is -3.62. The van der Waals surface area contributed by atoms with Gasteiger partial charge in [-0.1, -0.05) is 0 Å². The minimum atomic E-state index is -0.167. The molecule has 4 rings (SSSR count). The van der Waals surface area contributed by atoms with Gasteiger partial charge in [-0.3, -0.25) is 0 Å². The lowest BCUT2D eigenvalue weighted by atomic mass is 10.1. The fourth-order valence-electron chi connectivity index (χ4n) is 2.79. The molecule has 0 amide bonds. The third-order valence-electron chi connectivity index (χ3n) is 4.54. The molecule has 9 heteroatoms. The van der Waals surface area contributed by atoms with Gasteiger partial charge in [0.25, 0.3) is 12.7 Å². The largest absolute Gasteiger partial charge is 0.457 e. The van der Waals surface area contributed by atoms with Gasteiger partial charge >= 0.3 is 0 Å². The van der Waals surface area contributed by atoms with Gasteiger partial charge in [-0.15, -0.1) is 9.36 Å². The second-order valence-corrected chi connectivity index (χ2v) is 9.34. The molecular formula is C22H28N8O+2. The number of hydrogen-bond acceptors (Lipinski definition) is 5. The summed E-state index contributed by atoms with van der Waals surface area (Å²) in [5.41, 5.74) is 1.49. The monoisotopic (exact) mass is 420 g/mol.